The molecule has 0 aromatic rings. The molecular weight excluding hydrogens is 274 g/mol. The normalized spacial score (nSPS) is 12.8. The van der Waals surface area contributed by atoms with E-state index in [1.54, 1.807) is 13.8 Å². The van der Waals surface area contributed by atoms with E-state index in [9.17, 15) is 18.0 Å². The molecule has 0 heterocycles. The van der Waals surface area contributed by atoms with E-state index in [1.807, 2.05) is 0 Å². The maximum atomic E-state index is 11.8. The van der Waals surface area contributed by atoms with Gasteiger partial charge < -0.3 is 15.3 Å². The van der Waals surface area contributed by atoms with Gasteiger partial charge in [0.25, 0.3) is 0 Å². The average molecular weight is 295 g/mol. The summed E-state index contributed by atoms with van der Waals surface area (Å²) in [6.07, 6.45) is -0.157. The molecule has 112 valence electrons. The van der Waals surface area contributed by atoms with Crippen LogP contribution in [0.2, 0.25) is 0 Å². The van der Waals surface area contributed by atoms with Gasteiger partial charge in [-0.2, -0.15) is 0 Å². The summed E-state index contributed by atoms with van der Waals surface area (Å²) in [7, 11) is -2.07. The van der Waals surface area contributed by atoms with Crippen LogP contribution >= 0.6 is 0 Å². The number of carboxylic acid groups (broad SMARTS) is 1. The minimum absolute atomic E-state index is 0.0295. The quantitative estimate of drug-likeness (QED) is 0.554. The molecule has 0 spiro atoms. The van der Waals surface area contributed by atoms with E-state index in [0.717, 1.165) is 0 Å². The van der Waals surface area contributed by atoms with Crippen LogP contribution < -0.4 is 10.0 Å². The van der Waals surface area contributed by atoms with E-state index in [2.05, 4.69) is 10.0 Å². The summed E-state index contributed by atoms with van der Waals surface area (Å²) in [6.45, 7) is 3.67. The number of hydrogen-bond donors (Lipinski definition) is 3. The van der Waals surface area contributed by atoms with Gasteiger partial charge in [-0.25, -0.2) is 17.9 Å². The van der Waals surface area contributed by atoms with Crippen molar-refractivity contribution in [3.8, 4) is 0 Å². The van der Waals surface area contributed by atoms with Gasteiger partial charge in [-0.15, -0.1) is 0 Å². The van der Waals surface area contributed by atoms with Crippen molar-refractivity contribution in [1.82, 2.24) is 14.9 Å². The van der Waals surface area contributed by atoms with E-state index in [1.165, 1.54) is 11.9 Å². The zero-order valence-corrected chi connectivity index (χ0v) is 12.2. The second-order valence-electron chi connectivity index (χ2n) is 3.99. The Morgan fingerprint density at radius 2 is 1.95 bits per heavy atom. The van der Waals surface area contributed by atoms with Crippen molar-refractivity contribution >= 4 is 22.0 Å². The van der Waals surface area contributed by atoms with Gasteiger partial charge in [-0.3, -0.25) is 4.79 Å². The number of amides is 2. The molecule has 0 aliphatic heterocycles. The Balaban J connectivity index is 4.33. The summed E-state index contributed by atoms with van der Waals surface area (Å²) in [5.74, 6) is -1.21. The molecule has 19 heavy (non-hydrogen) atoms. The van der Waals surface area contributed by atoms with Crippen LogP contribution in [0.15, 0.2) is 0 Å². The van der Waals surface area contributed by atoms with Gasteiger partial charge in [0.2, 0.25) is 10.0 Å². The van der Waals surface area contributed by atoms with Gasteiger partial charge in [0.1, 0.15) is 0 Å². The van der Waals surface area contributed by atoms with Crippen LogP contribution in [0.1, 0.15) is 20.3 Å². The number of sulfonamides is 1. The summed E-state index contributed by atoms with van der Waals surface area (Å²) in [5.41, 5.74) is 0. The number of urea groups is 1. The van der Waals surface area contributed by atoms with Crippen LogP contribution in [0, 0.1) is 0 Å². The molecule has 0 bridgehead atoms. The van der Waals surface area contributed by atoms with E-state index in [0.29, 0.717) is 6.54 Å². The molecule has 1 unspecified atom stereocenters. The highest BCUT2D eigenvalue weighted by Crippen LogP contribution is 2.04. The Morgan fingerprint density at radius 1 is 1.37 bits per heavy atom. The second kappa shape index (κ2) is 7.95. The second-order valence-corrected chi connectivity index (χ2v) is 6.03. The molecule has 2 amide bonds. The predicted molar refractivity (Wildman–Crippen MR) is 70.3 cm³/mol. The minimum Gasteiger partial charge on any atom is -0.481 e. The number of rotatable bonds is 8. The first-order chi connectivity index (χ1) is 8.73. The lowest BCUT2D eigenvalue weighted by atomic mass is 10.2. The number of carboxylic acids is 1. The van der Waals surface area contributed by atoms with Crippen molar-refractivity contribution in [3.05, 3.63) is 0 Å². The van der Waals surface area contributed by atoms with Crippen molar-refractivity contribution in [2.24, 2.45) is 0 Å². The molecule has 9 heteroatoms. The fourth-order valence-electron chi connectivity index (χ4n) is 1.51. The number of nitrogens with one attached hydrogen (secondary N) is 2. The Morgan fingerprint density at radius 3 is 2.37 bits per heavy atom. The summed E-state index contributed by atoms with van der Waals surface area (Å²) >= 11 is 0. The fourth-order valence-corrected chi connectivity index (χ4v) is 2.09. The third-order valence-electron chi connectivity index (χ3n) is 2.56. The van der Waals surface area contributed by atoms with Crippen LogP contribution in [-0.2, 0) is 14.8 Å². The molecule has 0 radical (unpaired) electrons. The van der Waals surface area contributed by atoms with Gasteiger partial charge in [-0.1, -0.05) is 0 Å². The Kier molecular flexibility index (Phi) is 7.38. The first kappa shape index (κ1) is 17.6. The van der Waals surface area contributed by atoms with E-state index >= 15 is 0 Å². The summed E-state index contributed by atoms with van der Waals surface area (Å²) in [6, 6.07) is -0.925. The number of nitrogens with zero attached hydrogens (tertiary/aromatic N) is 1. The molecule has 0 aliphatic rings. The van der Waals surface area contributed by atoms with E-state index < -0.39 is 28.1 Å². The Hall–Kier alpha value is -1.35. The zero-order valence-electron chi connectivity index (χ0n) is 11.3. The largest absolute Gasteiger partial charge is 0.481 e. The number of aliphatic carboxylic acids is 1. The highest BCUT2D eigenvalue weighted by Gasteiger charge is 2.20. The molecule has 0 aromatic carbocycles. The predicted octanol–water partition coefficient (Wildman–Crippen LogP) is -0.570. The van der Waals surface area contributed by atoms with Crippen LogP contribution in [0.25, 0.3) is 0 Å². The standard InChI is InChI=1S/C10H21N3O5S/c1-4-13(8(2)7-9(14)15)10(16)12-5-6-19(17,18)11-3/h8,11H,4-7H2,1-3H3,(H,12,16)(H,14,15). The smallest absolute Gasteiger partial charge is 0.317 e. The monoisotopic (exact) mass is 295 g/mol. The van der Waals surface area contributed by atoms with Gasteiger partial charge in [0.15, 0.2) is 0 Å². The fraction of sp³-hybridized carbons (Fsp3) is 0.800. The van der Waals surface area contributed by atoms with Crippen molar-refractivity contribution in [2.45, 2.75) is 26.3 Å². The summed E-state index contributed by atoms with van der Waals surface area (Å²) in [5, 5.41) is 11.1. The molecule has 0 saturated carbocycles. The lowest BCUT2D eigenvalue weighted by Gasteiger charge is -2.27. The minimum atomic E-state index is -3.36. The van der Waals surface area contributed by atoms with E-state index in [-0.39, 0.29) is 18.7 Å². The Bertz CT molecular complexity index is 409. The van der Waals surface area contributed by atoms with Crippen molar-refractivity contribution in [3.63, 3.8) is 0 Å². The molecule has 3 N–H and O–H groups in total. The SMILES string of the molecule is CCN(C(=O)NCCS(=O)(=O)NC)C(C)CC(=O)O. The maximum absolute atomic E-state index is 11.8. The van der Waals surface area contributed by atoms with Crippen LogP contribution in [0.4, 0.5) is 4.79 Å². The van der Waals surface area contributed by atoms with Crippen LogP contribution in [-0.4, -0.2) is 62.4 Å². The molecule has 0 rings (SSSR count). The van der Waals surface area contributed by atoms with E-state index in [4.69, 9.17) is 5.11 Å². The highest BCUT2D eigenvalue weighted by atomic mass is 32.2. The molecule has 8 nitrogen and oxygen atoms in total. The molecule has 0 aromatic heterocycles. The third kappa shape index (κ3) is 6.97. The zero-order chi connectivity index (χ0) is 15.1. The molecule has 0 saturated heterocycles. The van der Waals surface area contributed by atoms with Crippen LogP contribution in [0.3, 0.4) is 0 Å². The topological polar surface area (TPSA) is 116 Å². The van der Waals surface area contributed by atoms with Gasteiger partial charge >= 0.3 is 12.0 Å². The number of carbonyl (C=O) groups excluding carboxylic acids is 1. The first-order valence-corrected chi connectivity index (χ1v) is 7.56. The molecular formula is C10H21N3O5S. The molecule has 0 aliphatic carbocycles. The lowest BCUT2D eigenvalue weighted by Crippen LogP contribution is -2.47. The number of carbonyl (C=O) groups is 2. The van der Waals surface area contributed by atoms with Gasteiger partial charge in [0, 0.05) is 19.1 Å². The number of hydrogen-bond acceptors (Lipinski definition) is 4. The Labute approximate surface area is 113 Å². The third-order valence-corrected chi connectivity index (χ3v) is 3.93. The van der Waals surface area contributed by atoms with Gasteiger partial charge in [0.05, 0.1) is 12.2 Å². The molecule has 0 fully saturated rings. The van der Waals surface area contributed by atoms with Crippen molar-refractivity contribution in [1.29, 1.82) is 0 Å². The summed E-state index contributed by atoms with van der Waals surface area (Å²) in [4.78, 5) is 23.7. The lowest BCUT2D eigenvalue weighted by molar-refractivity contribution is -0.138. The van der Waals surface area contributed by atoms with Crippen molar-refractivity contribution < 1.29 is 23.1 Å². The molecule has 1 atom stereocenters. The van der Waals surface area contributed by atoms with Gasteiger partial charge in [-0.05, 0) is 20.9 Å². The first-order valence-electron chi connectivity index (χ1n) is 5.91. The van der Waals surface area contributed by atoms with Crippen molar-refractivity contribution in [2.75, 3.05) is 25.9 Å². The highest BCUT2D eigenvalue weighted by molar-refractivity contribution is 7.89. The maximum Gasteiger partial charge on any atom is 0.317 e. The average Bonchev–Trinajstić information content (AvgIpc) is 2.28. The summed E-state index contributed by atoms with van der Waals surface area (Å²) < 4.78 is 24.4. The van der Waals surface area contributed by atoms with Crippen LogP contribution in [0.5, 0.6) is 0 Å².